The molecule has 0 aliphatic heterocycles. The molecule has 1 aromatic carbocycles. The summed E-state index contributed by atoms with van der Waals surface area (Å²) >= 11 is 1.40. The van der Waals surface area contributed by atoms with E-state index in [1.165, 1.54) is 31.0 Å². The molecule has 1 amide bonds. The van der Waals surface area contributed by atoms with Crippen molar-refractivity contribution in [3.8, 4) is 0 Å². The van der Waals surface area contributed by atoms with E-state index in [-0.39, 0.29) is 18.1 Å². The van der Waals surface area contributed by atoms with Gasteiger partial charge in [-0.2, -0.15) is 0 Å². The molecule has 0 unspecified atom stereocenters. The lowest BCUT2D eigenvalue weighted by Crippen LogP contribution is -2.44. The fourth-order valence-electron chi connectivity index (χ4n) is 1.38. The number of rotatable bonds is 7. The largest absolute Gasteiger partial charge is 0.467 e. The Morgan fingerprint density at radius 2 is 2.05 bits per heavy atom. The maximum absolute atomic E-state index is 12.7. The second-order valence-electron chi connectivity index (χ2n) is 3.88. The number of methoxy groups -OCH3 is 1. The number of esters is 1. The van der Waals surface area contributed by atoms with Crippen LogP contribution in [-0.2, 0) is 14.3 Å². The summed E-state index contributed by atoms with van der Waals surface area (Å²) in [5.74, 6) is -0.872. The second-order valence-corrected chi connectivity index (χ2v) is 5.05. The van der Waals surface area contributed by atoms with Gasteiger partial charge in [-0.15, -0.1) is 11.8 Å². The molecule has 1 rings (SSSR count). The minimum Gasteiger partial charge on any atom is -0.467 e. The number of thioether (sulfide) groups is 1. The number of carbonyl (C=O) groups excluding carboxylic acids is 2. The smallest absolute Gasteiger partial charge is 0.330 e. The van der Waals surface area contributed by atoms with Gasteiger partial charge in [0.1, 0.15) is 5.82 Å². The third-order valence-corrected chi connectivity index (χ3v) is 3.43. The standard InChI is InChI=1S/C13H16FNO4S/c1-19-13(18)11(8-16)15-12(17)6-7-20-10-4-2-9(14)3-5-10/h2-5,11,16H,6-8H2,1H3,(H,15,17)/t11-/m0/s1. The van der Waals surface area contributed by atoms with Gasteiger partial charge in [-0.3, -0.25) is 4.79 Å². The van der Waals surface area contributed by atoms with Crippen LogP contribution in [0, 0.1) is 5.82 Å². The first kappa shape index (κ1) is 16.5. The Morgan fingerprint density at radius 1 is 1.40 bits per heavy atom. The number of hydrogen-bond donors (Lipinski definition) is 2. The minimum atomic E-state index is -1.04. The van der Waals surface area contributed by atoms with Crippen molar-refractivity contribution in [3.05, 3.63) is 30.1 Å². The fraction of sp³-hybridized carbons (Fsp3) is 0.385. The molecule has 0 aliphatic rings. The van der Waals surface area contributed by atoms with Crippen LogP contribution in [-0.4, -0.2) is 42.5 Å². The molecule has 0 heterocycles. The van der Waals surface area contributed by atoms with E-state index in [0.29, 0.717) is 5.75 Å². The van der Waals surface area contributed by atoms with Crippen LogP contribution in [0.1, 0.15) is 6.42 Å². The van der Waals surface area contributed by atoms with E-state index in [0.717, 1.165) is 4.90 Å². The molecule has 0 aliphatic carbocycles. The average Bonchev–Trinajstić information content (AvgIpc) is 2.46. The Bertz CT molecular complexity index is 452. The lowest BCUT2D eigenvalue weighted by atomic mass is 10.3. The SMILES string of the molecule is COC(=O)[C@H](CO)NC(=O)CCSc1ccc(F)cc1. The first-order chi connectivity index (χ1) is 9.56. The quantitative estimate of drug-likeness (QED) is 0.579. The highest BCUT2D eigenvalue weighted by molar-refractivity contribution is 7.99. The molecule has 0 radical (unpaired) electrons. The summed E-state index contributed by atoms with van der Waals surface area (Å²) in [6.07, 6.45) is 0.176. The monoisotopic (exact) mass is 301 g/mol. The van der Waals surface area contributed by atoms with Crippen molar-refractivity contribution in [3.63, 3.8) is 0 Å². The number of hydrogen-bond acceptors (Lipinski definition) is 5. The zero-order chi connectivity index (χ0) is 15.0. The van der Waals surface area contributed by atoms with E-state index in [1.807, 2.05) is 0 Å². The molecule has 0 aromatic heterocycles. The predicted octanol–water partition coefficient (Wildman–Crippen LogP) is 0.958. The highest BCUT2D eigenvalue weighted by atomic mass is 32.2. The number of ether oxygens (including phenoxy) is 1. The Morgan fingerprint density at radius 3 is 2.60 bits per heavy atom. The topological polar surface area (TPSA) is 75.6 Å². The lowest BCUT2D eigenvalue weighted by Gasteiger charge is -2.13. The number of aliphatic hydroxyl groups excluding tert-OH is 1. The molecule has 0 saturated heterocycles. The molecule has 0 spiro atoms. The molecule has 20 heavy (non-hydrogen) atoms. The van der Waals surface area contributed by atoms with Crippen molar-refractivity contribution in [2.24, 2.45) is 0 Å². The van der Waals surface area contributed by atoms with Gasteiger partial charge in [-0.05, 0) is 24.3 Å². The molecule has 1 aromatic rings. The van der Waals surface area contributed by atoms with Crippen molar-refractivity contribution >= 4 is 23.6 Å². The Balaban J connectivity index is 2.32. The first-order valence-corrected chi connectivity index (χ1v) is 6.91. The number of halogens is 1. The summed E-state index contributed by atoms with van der Waals surface area (Å²) in [5.41, 5.74) is 0. The van der Waals surface area contributed by atoms with Gasteiger partial charge in [0, 0.05) is 17.1 Å². The summed E-state index contributed by atoms with van der Waals surface area (Å²) < 4.78 is 17.1. The van der Waals surface area contributed by atoms with E-state index in [9.17, 15) is 14.0 Å². The Hall–Kier alpha value is -1.60. The van der Waals surface area contributed by atoms with Crippen LogP contribution in [0.2, 0.25) is 0 Å². The highest BCUT2D eigenvalue weighted by Crippen LogP contribution is 2.18. The molecule has 0 saturated carbocycles. The normalized spacial score (nSPS) is 11.8. The zero-order valence-electron chi connectivity index (χ0n) is 11.0. The average molecular weight is 301 g/mol. The van der Waals surface area contributed by atoms with Gasteiger partial charge in [0.15, 0.2) is 6.04 Å². The van der Waals surface area contributed by atoms with Crippen molar-refractivity contribution in [2.45, 2.75) is 17.4 Å². The third kappa shape index (κ3) is 5.58. The minimum absolute atomic E-state index is 0.176. The number of nitrogens with one attached hydrogen (secondary N) is 1. The van der Waals surface area contributed by atoms with E-state index in [4.69, 9.17) is 5.11 Å². The first-order valence-electron chi connectivity index (χ1n) is 5.93. The molecular weight excluding hydrogens is 285 g/mol. The highest BCUT2D eigenvalue weighted by Gasteiger charge is 2.19. The summed E-state index contributed by atoms with van der Waals surface area (Å²) in [7, 11) is 1.18. The second kappa shape index (κ2) is 8.55. The zero-order valence-corrected chi connectivity index (χ0v) is 11.8. The summed E-state index contributed by atoms with van der Waals surface area (Å²) in [5, 5.41) is 11.3. The molecule has 0 fully saturated rings. The van der Waals surface area contributed by atoms with Crippen LogP contribution >= 0.6 is 11.8 Å². The van der Waals surface area contributed by atoms with Crippen molar-refractivity contribution in [1.82, 2.24) is 5.32 Å². The molecule has 1 atom stereocenters. The molecule has 0 bridgehead atoms. The summed E-state index contributed by atoms with van der Waals surface area (Å²) in [4.78, 5) is 23.6. The molecule has 7 heteroatoms. The molecule has 2 N–H and O–H groups in total. The third-order valence-electron chi connectivity index (χ3n) is 2.41. The summed E-state index contributed by atoms with van der Waals surface area (Å²) in [6, 6.07) is 4.91. The van der Waals surface area contributed by atoms with Crippen LogP contribution in [0.15, 0.2) is 29.2 Å². The number of benzene rings is 1. The summed E-state index contributed by atoms with van der Waals surface area (Å²) in [6.45, 7) is -0.510. The van der Waals surface area contributed by atoms with Crippen molar-refractivity contribution < 1.29 is 23.8 Å². The number of aliphatic hydroxyl groups is 1. The predicted molar refractivity (Wildman–Crippen MR) is 72.8 cm³/mol. The van der Waals surface area contributed by atoms with E-state index < -0.39 is 18.6 Å². The van der Waals surface area contributed by atoms with Crippen LogP contribution in [0.3, 0.4) is 0 Å². The van der Waals surface area contributed by atoms with Crippen molar-refractivity contribution in [1.29, 1.82) is 0 Å². The molecule has 5 nitrogen and oxygen atoms in total. The van der Waals surface area contributed by atoms with Gasteiger partial charge in [0.25, 0.3) is 0 Å². The van der Waals surface area contributed by atoms with Gasteiger partial charge < -0.3 is 15.2 Å². The van der Waals surface area contributed by atoms with Crippen LogP contribution in [0.5, 0.6) is 0 Å². The fourth-order valence-corrected chi connectivity index (χ4v) is 2.23. The van der Waals surface area contributed by atoms with E-state index >= 15 is 0 Å². The molecular formula is C13H16FNO4S. The van der Waals surface area contributed by atoms with Crippen LogP contribution < -0.4 is 5.32 Å². The van der Waals surface area contributed by atoms with Gasteiger partial charge in [-0.25, -0.2) is 9.18 Å². The maximum atomic E-state index is 12.7. The van der Waals surface area contributed by atoms with Crippen LogP contribution in [0.4, 0.5) is 4.39 Å². The van der Waals surface area contributed by atoms with Crippen molar-refractivity contribution in [2.75, 3.05) is 19.5 Å². The van der Waals surface area contributed by atoms with Gasteiger partial charge in [0.2, 0.25) is 5.91 Å². The molecule has 110 valence electrons. The number of carbonyl (C=O) groups is 2. The van der Waals surface area contributed by atoms with E-state index in [1.54, 1.807) is 12.1 Å². The maximum Gasteiger partial charge on any atom is 0.330 e. The Kier molecular flexibility index (Phi) is 7.03. The number of amides is 1. The van der Waals surface area contributed by atoms with Gasteiger partial charge in [0.05, 0.1) is 13.7 Å². The Labute approximate surface area is 120 Å². The van der Waals surface area contributed by atoms with Gasteiger partial charge in [-0.1, -0.05) is 0 Å². The van der Waals surface area contributed by atoms with Gasteiger partial charge >= 0.3 is 5.97 Å². The van der Waals surface area contributed by atoms with Crippen LogP contribution in [0.25, 0.3) is 0 Å². The lowest BCUT2D eigenvalue weighted by molar-refractivity contribution is -0.146. The van der Waals surface area contributed by atoms with E-state index in [2.05, 4.69) is 10.1 Å².